The number of rotatable bonds is 4. The molecule has 0 aromatic heterocycles. The highest BCUT2D eigenvalue weighted by atomic mass is 16.6. The van der Waals surface area contributed by atoms with Crippen molar-refractivity contribution in [2.75, 3.05) is 26.4 Å². The summed E-state index contributed by atoms with van der Waals surface area (Å²) in [6.07, 6.45) is 0.305. The number of ether oxygens (including phenoxy) is 3. The lowest BCUT2D eigenvalue weighted by atomic mass is 10.2. The van der Waals surface area contributed by atoms with Crippen LogP contribution in [0.15, 0.2) is 0 Å². The summed E-state index contributed by atoms with van der Waals surface area (Å²) in [6, 6.07) is 0. The average Bonchev–Trinajstić information content (AvgIpc) is 2.39. The molecule has 0 bridgehead atoms. The number of hydrogen-bond donors (Lipinski definition) is 0. The predicted molar refractivity (Wildman–Crippen MR) is 41.6 cm³/mol. The summed E-state index contributed by atoms with van der Waals surface area (Å²) in [4.78, 5) is 0. The normalized spacial score (nSPS) is 31.1. The zero-order chi connectivity index (χ0) is 8.10. The van der Waals surface area contributed by atoms with E-state index in [2.05, 4.69) is 0 Å². The van der Waals surface area contributed by atoms with Crippen molar-refractivity contribution in [1.29, 1.82) is 0 Å². The Morgan fingerprint density at radius 3 is 1.91 bits per heavy atom. The first-order valence-corrected chi connectivity index (χ1v) is 4.19. The van der Waals surface area contributed by atoms with Crippen LogP contribution in [-0.4, -0.2) is 38.6 Å². The summed E-state index contributed by atoms with van der Waals surface area (Å²) in [5.74, 6) is 0. The first-order valence-electron chi connectivity index (χ1n) is 4.19. The van der Waals surface area contributed by atoms with Crippen molar-refractivity contribution in [3.63, 3.8) is 0 Å². The second-order valence-corrected chi connectivity index (χ2v) is 2.53. The summed E-state index contributed by atoms with van der Waals surface area (Å²) in [5.41, 5.74) is 0. The second kappa shape index (κ2) is 4.70. The van der Waals surface area contributed by atoms with Crippen LogP contribution in [0.2, 0.25) is 0 Å². The van der Waals surface area contributed by atoms with Gasteiger partial charge in [0.1, 0.15) is 12.2 Å². The van der Waals surface area contributed by atoms with E-state index in [9.17, 15) is 0 Å². The molecular formula is C8H16O3. The van der Waals surface area contributed by atoms with Crippen molar-refractivity contribution in [2.45, 2.75) is 26.1 Å². The highest BCUT2D eigenvalue weighted by Crippen LogP contribution is 2.12. The van der Waals surface area contributed by atoms with Crippen molar-refractivity contribution in [2.24, 2.45) is 0 Å². The molecule has 0 saturated carbocycles. The molecule has 1 saturated heterocycles. The quantitative estimate of drug-likeness (QED) is 0.609. The summed E-state index contributed by atoms with van der Waals surface area (Å²) >= 11 is 0. The molecule has 1 aliphatic heterocycles. The Morgan fingerprint density at radius 2 is 1.55 bits per heavy atom. The molecule has 1 heterocycles. The largest absolute Gasteiger partial charge is 0.376 e. The minimum atomic E-state index is 0.153. The molecule has 11 heavy (non-hydrogen) atoms. The lowest BCUT2D eigenvalue weighted by Crippen LogP contribution is -2.29. The zero-order valence-electron chi connectivity index (χ0n) is 7.21. The van der Waals surface area contributed by atoms with Crippen LogP contribution < -0.4 is 0 Å². The van der Waals surface area contributed by atoms with E-state index < -0.39 is 0 Å². The van der Waals surface area contributed by atoms with Crippen LogP contribution in [-0.2, 0) is 14.2 Å². The van der Waals surface area contributed by atoms with Crippen LogP contribution in [0.3, 0.4) is 0 Å². The number of hydrogen-bond acceptors (Lipinski definition) is 3. The van der Waals surface area contributed by atoms with Gasteiger partial charge in [-0.2, -0.15) is 0 Å². The van der Waals surface area contributed by atoms with E-state index in [1.807, 2.05) is 13.8 Å². The molecule has 0 radical (unpaired) electrons. The lowest BCUT2D eigenvalue weighted by Gasteiger charge is -2.16. The lowest BCUT2D eigenvalue weighted by molar-refractivity contribution is -0.0388. The third kappa shape index (κ3) is 2.43. The maximum atomic E-state index is 5.42. The molecular weight excluding hydrogens is 144 g/mol. The van der Waals surface area contributed by atoms with Crippen molar-refractivity contribution in [3.8, 4) is 0 Å². The first-order chi connectivity index (χ1) is 5.38. The van der Waals surface area contributed by atoms with Gasteiger partial charge < -0.3 is 14.2 Å². The van der Waals surface area contributed by atoms with E-state index in [1.165, 1.54) is 0 Å². The molecule has 2 unspecified atom stereocenters. The van der Waals surface area contributed by atoms with Crippen LogP contribution in [0.4, 0.5) is 0 Å². The van der Waals surface area contributed by atoms with Gasteiger partial charge in [0.25, 0.3) is 0 Å². The molecule has 0 aromatic carbocycles. The molecule has 0 aliphatic carbocycles. The molecule has 1 fully saturated rings. The monoisotopic (exact) mass is 160 g/mol. The fourth-order valence-corrected chi connectivity index (χ4v) is 1.25. The van der Waals surface area contributed by atoms with Crippen LogP contribution in [0.5, 0.6) is 0 Å². The Balaban J connectivity index is 2.25. The van der Waals surface area contributed by atoms with Gasteiger partial charge in [-0.1, -0.05) is 0 Å². The summed E-state index contributed by atoms with van der Waals surface area (Å²) < 4.78 is 16.1. The van der Waals surface area contributed by atoms with Gasteiger partial charge in [-0.05, 0) is 13.8 Å². The Hall–Kier alpha value is -0.120. The average molecular weight is 160 g/mol. The van der Waals surface area contributed by atoms with Crippen LogP contribution in [0, 0.1) is 0 Å². The summed E-state index contributed by atoms with van der Waals surface area (Å²) in [5, 5.41) is 0. The van der Waals surface area contributed by atoms with Crippen molar-refractivity contribution >= 4 is 0 Å². The molecule has 3 heteroatoms. The van der Waals surface area contributed by atoms with Gasteiger partial charge >= 0.3 is 0 Å². The fourth-order valence-electron chi connectivity index (χ4n) is 1.25. The van der Waals surface area contributed by atoms with Crippen molar-refractivity contribution in [3.05, 3.63) is 0 Å². The molecule has 3 nitrogen and oxygen atoms in total. The van der Waals surface area contributed by atoms with Crippen LogP contribution >= 0.6 is 0 Å². The Morgan fingerprint density at radius 1 is 1.09 bits per heavy atom. The third-order valence-corrected chi connectivity index (χ3v) is 1.74. The Kier molecular flexibility index (Phi) is 3.83. The SMILES string of the molecule is CCOC1COCC1OCC. The molecule has 2 atom stereocenters. The van der Waals surface area contributed by atoms with Gasteiger partial charge in [-0.25, -0.2) is 0 Å². The van der Waals surface area contributed by atoms with Crippen LogP contribution in [0.1, 0.15) is 13.8 Å². The topological polar surface area (TPSA) is 27.7 Å². The van der Waals surface area contributed by atoms with Crippen molar-refractivity contribution in [1.82, 2.24) is 0 Å². The van der Waals surface area contributed by atoms with Gasteiger partial charge in [0, 0.05) is 13.2 Å². The minimum Gasteiger partial charge on any atom is -0.376 e. The Bertz CT molecular complexity index is 93.5. The molecule has 0 spiro atoms. The van der Waals surface area contributed by atoms with E-state index in [0.29, 0.717) is 13.2 Å². The van der Waals surface area contributed by atoms with Gasteiger partial charge in [-0.3, -0.25) is 0 Å². The second-order valence-electron chi connectivity index (χ2n) is 2.53. The highest BCUT2D eigenvalue weighted by Gasteiger charge is 2.28. The van der Waals surface area contributed by atoms with E-state index >= 15 is 0 Å². The van der Waals surface area contributed by atoms with E-state index in [1.54, 1.807) is 0 Å². The molecule has 0 aromatic rings. The van der Waals surface area contributed by atoms with Crippen LogP contribution in [0.25, 0.3) is 0 Å². The predicted octanol–water partition coefficient (Wildman–Crippen LogP) is 0.827. The molecule has 0 amide bonds. The zero-order valence-corrected chi connectivity index (χ0v) is 7.21. The maximum absolute atomic E-state index is 5.42. The smallest absolute Gasteiger partial charge is 0.109 e. The molecule has 1 rings (SSSR count). The molecule has 66 valence electrons. The standard InChI is InChI=1S/C8H16O3/c1-3-10-7-5-9-6-8(7)11-4-2/h7-8H,3-6H2,1-2H3. The summed E-state index contributed by atoms with van der Waals surface area (Å²) in [6.45, 7) is 6.80. The van der Waals surface area contributed by atoms with E-state index in [0.717, 1.165) is 13.2 Å². The van der Waals surface area contributed by atoms with E-state index in [4.69, 9.17) is 14.2 Å². The molecule has 0 N–H and O–H groups in total. The highest BCUT2D eigenvalue weighted by molar-refractivity contribution is 4.75. The minimum absolute atomic E-state index is 0.153. The third-order valence-electron chi connectivity index (χ3n) is 1.74. The summed E-state index contributed by atoms with van der Waals surface area (Å²) in [7, 11) is 0. The molecule has 1 aliphatic rings. The Labute approximate surface area is 67.6 Å². The van der Waals surface area contributed by atoms with Gasteiger partial charge in [-0.15, -0.1) is 0 Å². The van der Waals surface area contributed by atoms with Gasteiger partial charge in [0.2, 0.25) is 0 Å². The van der Waals surface area contributed by atoms with E-state index in [-0.39, 0.29) is 12.2 Å². The maximum Gasteiger partial charge on any atom is 0.109 e. The van der Waals surface area contributed by atoms with Gasteiger partial charge in [0.15, 0.2) is 0 Å². The van der Waals surface area contributed by atoms with Gasteiger partial charge in [0.05, 0.1) is 13.2 Å². The first kappa shape index (κ1) is 8.97. The fraction of sp³-hybridized carbons (Fsp3) is 1.00. The van der Waals surface area contributed by atoms with Crippen molar-refractivity contribution < 1.29 is 14.2 Å².